The van der Waals surface area contributed by atoms with Crippen LogP contribution in [-0.2, 0) is 6.54 Å². The third-order valence-electron chi connectivity index (χ3n) is 4.11. The average Bonchev–Trinajstić information content (AvgIpc) is 3.20. The fourth-order valence-electron chi connectivity index (χ4n) is 2.48. The van der Waals surface area contributed by atoms with Crippen LogP contribution in [0.2, 0.25) is 0 Å². The van der Waals surface area contributed by atoms with Crippen LogP contribution in [0, 0.1) is 18.6 Å². The second kappa shape index (κ2) is 6.83. The number of rotatable bonds is 5. The van der Waals surface area contributed by atoms with Gasteiger partial charge in [0.05, 0.1) is 10.6 Å². The molecule has 1 aromatic carbocycles. The van der Waals surface area contributed by atoms with Crippen LogP contribution in [0.1, 0.15) is 30.0 Å². The highest BCUT2D eigenvalue weighted by atomic mass is 32.1. The summed E-state index contributed by atoms with van der Waals surface area (Å²) in [6.07, 6.45) is 0. The summed E-state index contributed by atoms with van der Waals surface area (Å²) in [5.74, 6) is -0.277. The van der Waals surface area contributed by atoms with Crippen LogP contribution in [0.25, 0.3) is 10.8 Å². The van der Waals surface area contributed by atoms with Crippen LogP contribution in [-0.4, -0.2) is 16.9 Å². The molecule has 24 heavy (non-hydrogen) atoms. The summed E-state index contributed by atoms with van der Waals surface area (Å²) in [6, 6.07) is 7.84. The molecule has 1 unspecified atom stereocenters. The second-order valence-corrected chi connectivity index (χ2v) is 6.71. The van der Waals surface area contributed by atoms with E-state index in [9.17, 15) is 8.78 Å². The van der Waals surface area contributed by atoms with Crippen molar-refractivity contribution >= 4 is 11.3 Å². The molecule has 0 saturated heterocycles. The van der Waals surface area contributed by atoms with Crippen molar-refractivity contribution in [1.29, 1.82) is 0 Å². The Kier molecular flexibility index (Phi) is 4.78. The summed E-state index contributed by atoms with van der Waals surface area (Å²) < 4.78 is 32.3. The Labute approximate surface area is 143 Å². The monoisotopic (exact) mass is 348 g/mol. The van der Waals surface area contributed by atoms with Gasteiger partial charge in [-0.25, -0.2) is 13.8 Å². The molecular weight excluding hydrogens is 330 g/mol. The molecule has 0 saturated carbocycles. The third kappa shape index (κ3) is 3.39. The van der Waals surface area contributed by atoms with E-state index in [2.05, 4.69) is 4.98 Å². The fourth-order valence-corrected chi connectivity index (χ4v) is 3.13. The minimum Gasteiger partial charge on any atom is -0.440 e. The number of nitrogens with zero attached hydrogens (tertiary/aromatic N) is 2. The minimum atomic E-state index is -0.832. The van der Waals surface area contributed by atoms with Crippen molar-refractivity contribution in [1.82, 2.24) is 9.88 Å². The van der Waals surface area contributed by atoms with Crippen LogP contribution in [0.3, 0.4) is 0 Å². The largest absolute Gasteiger partial charge is 0.440 e. The Balaban J connectivity index is 1.76. The normalized spacial score (nSPS) is 12.8. The zero-order valence-corrected chi connectivity index (χ0v) is 14.5. The number of benzene rings is 1. The van der Waals surface area contributed by atoms with Gasteiger partial charge in [-0.3, -0.25) is 4.90 Å². The highest BCUT2D eigenvalue weighted by Gasteiger charge is 2.18. The van der Waals surface area contributed by atoms with E-state index in [1.807, 2.05) is 43.3 Å². The van der Waals surface area contributed by atoms with E-state index in [-0.39, 0.29) is 6.04 Å². The average molecular weight is 348 g/mol. The zero-order valence-electron chi connectivity index (χ0n) is 13.7. The molecule has 2 aromatic heterocycles. The van der Waals surface area contributed by atoms with Crippen molar-refractivity contribution in [3.63, 3.8) is 0 Å². The number of aromatic nitrogens is 1. The first-order chi connectivity index (χ1) is 11.5. The summed E-state index contributed by atoms with van der Waals surface area (Å²) in [6.45, 7) is 4.39. The predicted molar refractivity (Wildman–Crippen MR) is 90.8 cm³/mol. The van der Waals surface area contributed by atoms with E-state index in [1.54, 1.807) is 17.4 Å². The van der Waals surface area contributed by atoms with E-state index in [0.717, 1.165) is 28.0 Å². The lowest BCUT2D eigenvalue weighted by Crippen LogP contribution is -2.22. The van der Waals surface area contributed by atoms with Gasteiger partial charge in [-0.1, -0.05) is 12.1 Å². The van der Waals surface area contributed by atoms with E-state index in [0.29, 0.717) is 12.4 Å². The van der Waals surface area contributed by atoms with Gasteiger partial charge in [0.1, 0.15) is 5.76 Å². The van der Waals surface area contributed by atoms with E-state index >= 15 is 0 Å². The number of halogens is 2. The van der Waals surface area contributed by atoms with E-state index in [1.165, 1.54) is 6.07 Å². The summed E-state index contributed by atoms with van der Waals surface area (Å²) in [5, 5.41) is 1.98. The maximum atomic E-state index is 13.4. The molecule has 0 spiro atoms. The molecular formula is C18H18F2N2OS. The van der Waals surface area contributed by atoms with Gasteiger partial charge >= 0.3 is 0 Å². The van der Waals surface area contributed by atoms with Gasteiger partial charge in [-0.15, -0.1) is 11.3 Å². The van der Waals surface area contributed by atoms with Crippen molar-refractivity contribution in [2.24, 2.45) is 0 Å². The molecule has 6 heteroatoms. The van der Waals surface area contributed by atoms with Crippen LogP contribution in [0.15, 0.2) is 40.1 Å². The number of thiophene rings is 1. The molecule has 0 fully saturated rings. The van der Waals surface area contributed by atoms with Crippen molar-refractivity contribution in [2.75, 3.05) is 7.05 Å². The quantitative estimate of drug-likeness (QED) is 0.636. The lowest BCUT2D eigenvalue weighted by Gasteiger charge is -2.24. The first-order valence-electron chi connectivity index (χ1n) is 7.61. The highest BCUT2D eigenvalue weighted by molar-refractivity contribution is 7.13. The topological polar surface area (TPSA) is 29.3 Å². The van der Waals surface area contributed by atoms with Crippen molar-refractivity contribution < 1.29 is 13.2 Å². The molecule has 3 rings (SSSR count). The van der Waals surface area contributed by atoms with Gasteiger partial charge in [0.2, 0.25) is 5.89 Å². The van der Waals surface area contributed by atoms with E-state index in [4.69, 9.17) is 4.42 Å². The number of hydrogen-bond donors (Lipinski definition) is 0. The van der Waals surface area contributed by atoms with Crippen LogP contribution >= 0.6 is 11.3 Å². The molecule has 0 aliphatic carbocycles. The molecule has 1 atom stereocenters. The van der Waals surface area contributed by atoms with Gasteiger partial charge in [0.25, 0.3) is 0 Å². The predicted octanol–water partition coefficient (Wildman–Crippen LogP) is 5.18. The Morgan fingerprint density at radius 1 is 1.25 bits per heavy atom. The molecule has 3 aromatic rings. The Morgan fingerprint density at radius 3 is 2.71 bits per heavy atom. The number of oxazole rings is 1. The number of aryl methyl sites for hydroxylation is 1. The third-order valence-corrected chi connectivity index (χ3v) is 4.97. The zero-order chi connectivity index (χ0) is 17.3. The first kappa shape index (κ1) is 16.8. The maximum Gasteiger partial charge on any atom is 0.236 e. The molecule has 0 aliphatic rings. The minimum absolute atomic E-state index is 0.0820. The van der Waals surface area contributed by atoms with Gasteiger partial charge in [-0.05, 0) is 50.0 Å². The summed E-state index contributed by atoms with van der Waals surface area (Å²) in [4.78, 5) is 7.58. The standard InChI is InChI=1S/C18H18F2N2OS/c1-11(13-6-7-14(19)15(20)9-13)22(3)10-16-12(2)23-18(21-16)17-5-4-8-24-17/h4-9,11H,10H2,1-3H3. The van der Waals surface area contributed by atoms with Gasteiger partial charge in [-0.2, -0.15) is 0 Å². The van der Waals surface area contributed by atoms with Gasteiger partial charge in [0, 0.05) is 12.6 Å². The smallest absolute Gasteiger partial charge is 0.236 e. The lowest BCUT2D eigenvalue weighted by molar-refractivity contribution is 0.248. The summed E-state index contributed by atoms with van der Waals surface area (Å²) >= 11 is 1.58. The van der Waals surface area contributed by atoms with Crippen LogP contribution in [0.4, 0.5) is 8.78 Å². The summed E-state index contributed by atoms with van der Waals surface area (Å²) in [5.41, 5.74) is 1.56. The SMILES string of the molecule is Cc1oc(-c2cccs2)nc1CN(C)C(C)c1ccc(F)c(F)c1. The van der Waals surface area contributed by atoms with Crippen molar-refractivity contribution in [2.45, 2.75) is 26.4 Å². The fraction of sp³-hybridized carbons (Fsp3) is 0.278. The molecule has 0 aliphatic heterocycles. The lowest BCUT2D eigenvalue weighted by atomic mass is 10.1. The van der Waals surface area contributed by atoms with Gasteiger partial charge in [0.15, 0.2) is 11.6 Å². The molecule has 0 bridgehead atoms. The molecule has 0 amide bonds. The van der Waals surface area contributed by atoms with Crippen molar-refractivity contribution in [3.8, 4) is 10.8 Å². The molecule has 0 N–H and O–H groups in total. The van der Waals surface area contributed by atoms with E-state index < -0.39 is 11.6 Å². The van der Waals surface area contributed by atoms with Crippen LogP contribution < -0.4 is 0 Å². The first-order valence-corrected chi connectivity index (χ1v) is 8.49. The molecule has 0 radical (unpaired) electrons. The Hall–Kier alpha value is -2.05. The number of hydrogen-bond acceptors (Lipinski definition) is 4. The molecule has 3 nitrogen and oxygen atoms in total. The Morgan fingerprint density at radius 2 is 2.04 bits per heavy atom. The molecule has 2 heterocycles. The second-order valence-electron chi connectivity index (χ2n) is 5.76. The van der Waals surface area contributed by atoms with Crippen molar-refractivity contribution in [3.05, 3.63) is 64.4 Å². The molecule has 126 valence electrons. The van der Waals surface area contributed by atoms with Gasteiger partial charge < -0.3 is 4.42 Å². The highest BCUT2D eigenvalue weighted by Crippen LogP contribution is 2.28. The Bertz CT molecular complexity index is 830. The van der Waals surface area contributed by atoms with Crippen LogP contribution in [0.5, 0.6) is 0 Å². The summed E-state index contributed by atoms with van der Waals surface area (Å²) in [7, 11) is 1.92. The maximum absolute atomic E-state index is 13.4.